The fourth-order valence-electron chi connectivity index (χ4n) is 4.59. The highest BCUT2D eigenvalue weighted by molar-refractivity contribution is 7.21. The number of ether oxygens (including phenoxy) is 1. The maximum Gasteiger partial charge on any atom is 0.274 e. The summed E-state index contributed by atoms with van der Waals surface area (Å²) in [7, 11) is 1.58. The second-order valence-electron chi connectivity index (χ2n) is 8.69. The zero-order chi connectivity index (χ0) is 24.0. The van der Waals surface area contributed by atoms with Crippen LogP contribution in [0.3, 0.4) is 0 Å². The molecule has 0 bridgehead atoms. The van der Waals surface area contributed by atoms with E-state index in [0.29, 0.717) is 45.3 Å². The van der Waals surface area contributed by atoms with Crippen molar-refractivity contribution in [1.29, 1.82) is 5.26 Å². The molecule has 174 valence electrons. The molecule has 5 rings (SSSR count). The Labute approximate surface area is 201 Å². The number of amides is 1. The van der Waals surface area contributed by atoms with Gasteiger partial charge in [0.15, 0.2) is 5.65 Å². The quantitative estimate of drug-likeness (QED) is 0.465. The number of fused-ring (bicyclic) bond motifs is 2. The first kappa shape index (κ1) is 22.1. The lowest BCUT2D eigenvalue weighted by Gasteiger charge is -2.37. The highest BCUT2D eigenvalue weighted by Gasteiger charge is 2.26. The molecule has 4 heterocycles. The van der Waals surface area contributed by atoms with Crippen LogP contribution in [0.15, 0.2) is 30.6 Å². The molecule has 1 aliphatic heterocycles. The molecule has 3 aromatic heterocycles. The van der Waals surface area contributed by atoms with E-state index < -0.39 is 0 Å². The van der Waals surface area contributed by atoms with E-state index in [9.17, 15) is 10.1 Å². The first-order valence-corrected chi connectivity index (χ1v) is 11.9. The zero-order valence-corrected chi connectivity index (χ0v) is 20.2. The lowest BCUT2D eigenvalue weighted by Crippen LogP contribution is -2.54. The van der Waals surface area contributed by atoms with E-state index in [1.54, 1.807) is 23.8 Å². The van der Waals surface area contributed by atoms with Crippen molar-refractivity contribution in [2.45, 2.75) is 32.9 Å². The second kappa shape index (κ2) is 8.59. The van der Waals surface area contributed by atoms with Crippen LogP contribution in [0.2, 0.25) is 0 Å². The molecule has 2 N–H and O–H groups in total. The SMILES string of the molecule is COc1nc2c(C(=O)Nc3cc(C#N)c4nc(C)cn4c3)ccc(N3C[C@H](C)N[C@@H](C)C3)c2s1. The van der Waals surface area contributed by atoms with E-state index in [0.717, 1.165) is 29.2 Å². The number of anilines is 2. The van der Waals surface area contributed by atoms with Crippen LogP contribution >= 0.6 is 11.3 Å². The van der Waals surface area contributed by atoms with Gasteiger partial charge in [0, 0.05) is 37.6 Å². The highest BCUT2D eigenvalue weighted by atomic mass is 32.1. The summed E-state index contributed by atoms with van der Waals surface area (Å²) < 4.78 is 8.09. The Hall–Kier alpha value is -3.68. The number of nitrogens with one attached hydrogen (secondary N) is 2. The van der Waals surface area contributed by atoms with Gasteiger partial charge in [-0.1, -0.05) is 11.3 Å². The number of nitriles is 1. The fourth-order valence-corrected chi connectivity index (χ4v) is 5.54. The van der Waals surface area contributed by atoms with Crippen LogP contribution < -0.4 is 20.3 Å². The Balaban J connectivity index is 1.53. The third-order valence-corrected chi connectivity index (χ3v) is 6.91. The smallest absolute Gasteiger partial charge is 0.274 e. The number of pyridine rings is 1. The Kier molecular flexibility index (Phi) is 5.59. The van der Waals surface area contributed by atoms with Crippen LogP contribution in [-0.2, 0) is 0 Å². The summed E-state index contributed by atoms with van der Waals surface area (Å²) in [6.07, 6.45) is 3.57. The molecular weight excluding hydrogens is 450 g/mol. The molecule has 1 fully saturated rings. The molecule has 1 amide bonds. The lowest BCUT2D eigenvalue weighted by atomic mass is 10.1. The Morgan fingerprint density at radius 2 is 2.03 bits per heavy atom. The van der Waals surface area contributed by atoms with Crippen LogP contribution in [0.1, 0.15) is 35.5 Å². The van der Waals surface area contributed by atoms with Gasteiger partial charge in [0.05, 0.1) is 40.0 Å². The van der Waals surface area contributed by atoms with E-state index in [1.807, 2.05) is 25.3 Å². The summed E-state index contributed by atoms with van der Waals surface area (Å²) in [5, 5.41) is 16.5. The lowest BCUT2D eigenvalue weighted by molar-refractivity contribution is 0.102. The van der Waals surface area contributed by atoms with Gasteiger partial charge in [0.2, 0.25) is 0 Å². The Morgan fingerprint density at radius 1 is 1.26 bits per heavy atom. The molecule has 0 radical (unpaired) electrons. The van der Waals surface area contributed by atoms with E-state index in [4.69, 9.17) is 4.74 Å². The maximum atomic E-state index is 13.3. The fraction of sp³-hybridized carbons (Fsp3) is 0.333. The van der Waals surface area contributed by atoms with Gasteiger partial charge in [-0.25, -0.2) is 9.97 Å². The average molecular weight is 476 g/mol. The molecular formula is C24H25N7O2S. The van der Waals surface area contributed by atoms with Crippen molar-refractivity contribution >= 4 is 44.5 Å². The number of hydrogen-bond acceptors (Lipinski definition) is 8. The van der Waals surface area contributed by atoms with Gasteiger partial charge in [0.1, 0.15) is 11.6 Å². The Bertz CT molecular complexity index is 1440. The highest BCUT2D eigenvalue weighted by Crippen LogP contribution is 2.38. The molecule has 10 heteroatoms. The number of hydrogen-bond donors (Lipinski definition) is 2. The van der Waals surface area contributed by atoms with Crippen molar-refractivity contribution < 1.29 is 9.53 Å². The maximum absolute atomic E-state index is 13.3. The molecule has 1 aliphatic rings. The predicted octanol–water partition coefficient (Wildman–Crippen LogP) is 3.57. The van der Waals surface area contributed by atoms with E-state index in [2.05, 4.69) is 45.4 Å². The number of benzene rings is 1. The van der Waals surface area contributed by atoms with E-state index in [-0.39, 0.29) is 5.91 Å². The number of methoxy groups -OCH3 is 1. The van der Waals surface area contributed by atoms with Gasteiger partial charge in [-0.3, -0.25) is 4.79 Å². The summed E-state index contributed by atoms with van der Waals surface area (Å²) in [4.78, 5) is 24.7. The molecule has 0 saturated carbocycles. The van der Waals surface area contributed by atoms with Crippen LogP contribution in [0, 0.1) is 18.3 Å². The van der Waals surface area contributed by atoms with Gasteiger partial charge in [-0.15, -0.1) is 0 Å². The molecule has 1 saturated heterocycles. The Morgan fingerprint density at radius 3 is 2.74 bits per heavy atom. The summed E-state index contributed by atoms with van der Waals surface area (Å²) in [5.74, 6) is -0.299. The van der Waals surface area contributed by atoms with Crippen molar-refractivity contribution in [2.24, 2.45) is 0 Å². The number of piperazine rings is 1. The first-order chi connectivity index (χ1) is 16.4. The number of carbonyl (C=O) groups is 1. The van der Waals surface area contributed by atoms with Crippen LogP contribution in [0.4, 0.5) is 11.4 Å². The normalized spacial score (nSPS) is 18.3. The topological polar surface area (TPSA) is 108 Å². The standard InChI is InChI=1S/C24H25N7O2S/c1-13-9-30(10-14(2)26-13)19-6-5-18(20-21(19)34-24(29-20)33-4)23(32)28-17-7-16(8-25)22-27-15(3)11-31(22)12-17/h5-7,11-14,26H,9-10H2,1-4H3,(H,28,32)/t13-,14-/m0/s1. The number of aromatic nitrogens is 3. The summed E-state index contributed by atoms with van der Waals surface area (Å²) in [6, 6.07) is 8.30. The minimum Gasteiger partial charge on any atom is -0.473 e. The van der Waals surface area contributed by atoms with Gasteiger partial charge in [-0.05, 0) is 39.0 Å². The van der Waals surface area contributed by atoms with Crippen LogP contribution in [0.5, 0.6) is 5.19 Å². The minimum absolute atomic E-state index is 0.299. The molecule has 0 spiro atoms. The first-order valence-electron chi connectivity index (χ1n) is 11.1. The average Bonchev–Trinajstić information content (AvgIpc) is 3.39. The third-order valence-electron chi connectivity index (χ3n) is 5.87. The molecule has 4 aromatic rings. The number of imidazole rings is 1. The van der Waals surface area contributed by atoms with Crippen LogP contribution in [0.25, 0.3) is 15.9 Å². The third kappa shape index (κ3) is 3.93. The van der Waals surface area contributed by atoms with Gasteiger partial charge in [0.25, 0.3) is 11.1 Å². The van der Waals surface area contributed by atoms with Crippen molar-refractivity contribution in [3.05, 3.63) is 47.4 Å². The van der Waals surface area contributed by atoms with Crippen LogP contribution in [-0.4, -0.2) is 52.6 Å². The van der Waals surface area contributed by atoms with E-state index >= 15 is 0 Å². The molecule has 1 aromatic carbocycles. The largest absolute Gasteiger partial charge is 0.473 e. The van der Waals surface area contributed by atoms with Crippen molar-refractivity contribution in [3.63, 3.8) is 0 Å². The van der Waals surface area contributed by atoms with Gasteiger partial charge in [-0.2, -0.15) is 5.26 Å². The molecule has 34 heavy (non-hydrogen) atoms. The van der Waals surface area contributed by atoms with Gasteiger partial charge >= 0.3 is 0 Å². The minimum atomic E-state index is -0.299. The summed E-state index contributed by atoms with van der Waals surface area (Å²) in [5.41, 5.74) is 4.37. The number of rotatable bonds is 4. The monoisotopic (exact) mass is 475 g/mol. The molecule has 2 atom stereocenters. The zero-order valence-electron chi connectivity index (χ0n) is 19.4. The van der Waals surface area contributed by atoms with Crippen molar-refractivity contribution in [3.8, 4) is 11.3 Å². The van der Waals surface area contributed by atoms with Crippen molar-refractivity contribution in [1.82, 2.24) is 19.7 Å². The summed E-state index contributed by atoms with van der Waals surface area (Å²) in [6.45, 7) is 7.94. The van der Waals surface area contributed by atoms with Crippen molar-refractivity contribution in [2.75, 3.05) is 30.4 Å². The second-order valence-corrected chi connectivity index (χ2v) is 9.65. The van der Waals surface area contributed by atoms with E-state index in [1.165, 1.54) is 11.3 Å². The molecule has 0 aliphatic carbocycles. The van der Waals surface area contributed by atoms with Gasteiger partial charge < -0.3 is 24.7 Å². The number of nitrogens with zero attached hydrogens (tertiary/aromatic N) is 5. The predicted molar refractivity (Wildman–Crippen MR) is 133 cm³/mol. The number of carbonyl (C=O) groups excluding carboxylic acids is 1. The number of aryl methyl sites for hydroxylation is 1. The number of thiazole rings is 1. The molecule has 0 unspecified atom stereocenters. The molecule has 9 nitrogen and oxygen atoms in total. The summed E-state index contributed by atoms with van der Waals surface area (Å²) >= 11 is 1.44.